The van der Waals surface area contributed by atoms with E-state index in [1.54, 1.807) is 36.1 Å². The molecule has 1 fully saturated rings. The van der Waals surface area contributed by atoms with E-state index in [1.165, 1.54) is 0 Å². The van der Waals surface area contributed by atoms with Gasteiger partial charge in [-0.15, -0.1) is 0 Å². The average molecular weight is 289 g/mol. The molecule has 2 rings (SSSR count). The third kappa shape index (κ3) is 3.90. The lowest BCUT2D eigenvalue weighted by molar-refractivity contribution is -0.137. The van der Waals surface area contributed by atoms with Gasteiger partial charge in [0.2, 0.25) is 5.91 Å². The fourth-order valence-corrected chi connectivity index (χ4v) is 2.55. The standard InChI is InChI=1S/C16H19NO4/c1-11(10-16(20)21)9-14(18)12-4-6-13(7-5-12)17-8-2-3-15(17)19/h4-7,11H,2-3,8-10H2,1H3,(H,20,21). The highest BCUT2D eigenvalue weighted by atomic mass is 16.4. The summed E-state index contributed by atoms with van der Waals surface area (Å²) in [5, 5.41) is 8.70. The number of ketones is 1. The molecule has 0 aliphatic carbocycles. The van der Waals surface area contributed by atoms with Crippen molar-refractivity contribution < 1.29 is 19.5 Å². The summed E-state index contributed by atoms with van der Waals surface area (Å²) in [6, 6.07) is 6.96. The quantitative estimate of drug-likeness (QED) is 0.816. The Hall–Kier alpha value is -2.17. The van der Waals surface area contributed by atoms with Crippen LogP contribution >= 0.6 is 0 Å². The molecule has 5 nitrogen and oxygen atoms in total. The van der Waals surface area contributed by atoms with Crippen molar-refractivity contribution in [3.63, 3.8) is 0 Å². The number of carboxylic acid groups (broad SMARTS) is 1. The second-order valence-electron chi connectivity index (χ2n) is 5.53. The number of Topliss-reactive ketones (excluding diaryl/α,β-unsaturated/α-hetero) is 1. The Morgan fingerprint density at radius 3 is 2.43 bits per heavy atom. The van der Waals surface area contributed by atoms with E-state index < -0.39 is 5.97 Å². The van der Waals surface area contributed by atoms with Crippen LogP contribution in [0.25, 0.3) is 0 Å². The fourth-order valence-electron chi connectivity index (χ4n) is 2.55. The molecule has 1 atom stereocenters. The summed E-state index contributed by atoms with van der Waals surface area (Å²) < 4.78 is 0. The Morgan fingerprint density at radius 1 is 1.24 bits per heavy atom. The van der Waals surface area contributed by atoms with Crippen LogP contribution in [0.4, 0.5) is 5.69 Å². The van der Waals surface area contributed by atoms with Gasteiger partial charge in [0.05, 0.1) is 0 Å². The van der Waals surface area contributed by atoms with Gasteiger partial charge in [-0.25, -0.2) is 0 Å². The summed E-state index contributed by atoms with van der Waals surface area (Å²) in [4.78, 5) is 36.0. The van der Waals surface area contributed by atoms with Gasteiger partial charge >= 0.3 is 5.97 Å². The third-order valence-corrected chi connectivity index (χ3v) is 3.63. The average Bonchev–Trinajstić information content (AvgIpc) is 2.84. The summed E-state index contributed by atoms with van der Waals surface area (Å²) in [6.07, 6.45) is 1.65. The van der Waals surface area contributed by atoms with Crippen LogP contribution in [0.5, 0.6) is 0 Å². The van der Waals surface area contributed by atoms with Gasteiger partial charge in [0.1, 0.15) is 0 Å². The number of nitrogens with zero attached hydrogens (tertiary/aromatic N) is 1. The minimum Gasteiger partial charge on any atom is -0.481 e. The molecule has 1 aliphatic rings. The van der Waals surface area contributed by atoms with E-state index >= 15 is 0 Å². The lowest BCUT2D eigenvalue weighted by atomic mass is 9.97. The Morgan fingerprint density at radius 2 is 1.90 bits per heavy atom. The van der Waals surface area contributed by atoms with E-state index in [2.05, 4.69) is 0 Å². The molecule has 21 heavy (non-hydrogen) atoms. The number of carbonyl (C=O) groups excluding carboxylic acids is 2. The van der Waals surface area contributed by atoms with Gasteiger partial charge in [-0.1, -0.05) is 6.92 Å². The second-order valence-corrected chi connectivity index (χ2v) is 5.53. The molecule has 0 spiro atoms. The monoisotopic (exact) mass is 289 g/mol. The summed E-state index contributed by atoms with van der Waals surface area (Å²) in [5.41, 5.74) is 1.37. The molecule has 1 aliphatic heterocycles. The van der Waals surface area contributed by atoms with Crippen molar-refractivity contribution >= 4 is 23.3 Å². The zero-order valence-corrected chi connectivity index (χ0v) is 12.0. The second kappa shape index (κ2) is 6.52. The largest absolute Gasteiger partial charge is 0.481 e. The molecule has 0 saturated carbocycles. The van der Waals surface area contributed by atoms with Crippen molar-refractivity contribution in [2.24, 2.45) is 5.92 Å². The number of amides is 1. The topological polar surface area (TPSA) is 74.7 Å². The lowest BCUT2D eigenvalue weighted by Gasteiger charge is -2.16. The maximum Gasteiger partial charge on any atom is 0.303 e. The van der Waals surface area contributed by atoms with Gasteiger partial charge in [-0.05, 0) is 36.6 Å². The van der Waals surface area contributed by atoms with Gasteiger partial charge in [0, 0.05) is 37.1 Å². The highest BCUT2D eigenvalue weighted by molar-refractivity contribution is 5.98. The lowest BCUT2D eigenvalue weighted by Crippen LogP contribution is -2.23. The summed E-state index contributed by atoms with van der Waals surface area (Å²) in [7, 11) is 0. The molecular weight excluding hydrogens is 270 g/mol. The highest BCUT2D eigenvalue weighted by Gasteiger charge is 2.22. The zero-order valence-electron chi connectivity index (χ0n) is 12.0. The summed E-state index contributed by atoms with van der Waals surface area (Å²) in [6.45, 7) is 2.48. The smallest absolute Gasteiger partial charge is 0.303 e. The predicted molar refractivity (Wildman–Crippen MR) is 78.4 cm³/mol. The molecule has 0 radical (unpaired) electrons. The van der Waals surface area contributed by atoms with Crippen molar-refractivity contribution in [1.29, 1.82) is 0 Å². The first kappa shape index (κ1) is 15.2. The predicted octanol–water partition coefficient (Wildman–Crippen LogP) is 2.50. The van der Waals surface area contributed by atoms with Crippen LogP contribution in [0.15, 0.2) is 24.3 Å². The van der Waals surface area contributed by atoms with Crippen LogP contribution in [0, 0.1) is 5.92 Å². The van der Waals surface area contributed by atoms with E-state index in [1.807, 2.05) is 0 Å². The van der Waals surface area contributed by atoms with E-state index in [0.29, 0.717) is 12.0 Å². The summed E-state index contributed by atoms with van der Waals surface area (Å²) >= 11 is 0. The molecule has 1 saturated heterocycles. The minimum absolute atomic E-state index is 0.00783. The molecule has 1 aromatic carbocycles. The maximum atomic E-state index is 12.1. The zero-order chi connectivity index (χ0) is 15.4. The number of carbonyl (C=O) groups is 3. The molecule has 1 N–H and O–H groups in total. The molecule has 1 heterocycles. The van der Waals surface area contributed by atoms with Crippen LogP contribution in [0.3, 0.4) is 0 Å². The molecule has 1 aromatic rings. The Bertz CT molecular complexity index is 550. The first-order chi connectivity index (χ1) is 9.97. The van der Waals surface area contributed by atoms with Crippen molar-refractivity contribution in [2.75, 3.05) is 11.4 Å². The number of anilines is 1. The fraction of sp³-hybridized carbons (Fsp3) is 0.438. The van der Waals surface area contributed by atoms with Crippen molar-refractivity contribution in [3.05, 3.63) is 29.8 Å². The highest BCUT2D eigenvalue weighted by Crippen LogP contribution is 2.22. The first-order valence-electron chi connectivity index (χ1n) is 7.13. The van der Waals surface area contributed by atoms with E-state index in [-0.39, 0.29) is 30.4 Å². The molecule has 0 aromatic heterocycles. The molecular formula is C16H19NO4. The third-order valence-electron chi connectivity index (χ3n) is 3.63. The van der Waals surface area contributed by atoms with Gasteiger partial charge < -0.3 is 10.0 Å². The number of hydrogen-bond donors (Lipinski definition) is 1. The number of carboxylic acids is 1. The van der Waals surface area contributed by atoms with Gasteiger partial charge in [0.15, 0.2) is 5.78 Å². The van der Waals surface area contributed by atoms with Crippen LogP contribution in [-0.2, 0) is 9.59 Å². The van der Waals surface area contributed by atoms with Crippen molar-refractivity contribution in [2.45, 2.75) is 32.6 Å². The molecule has 5 heteroatoms. The van der Waals surface area contributed by atoms with E-state index in [4.69, 9.17) is 5.11 Å². The normalized spacial score (nSPS) is 16.0. The van der Waals surface area contributed by atoms with Crippen LogP contribution in [0.1, 0.15) is 43.0 Å². The Labute approximate surface area is 123 Å². The number of benzene rings is 1. The Kier molecular flexibility index (Phi) is 4.73. The van der Waals surface area contributed by atoms with Crippen LogP contribution < -0.4 is 4.90 Å². The minimum atomic E-state index is -0.891. The molecule has 0 bridgehead atoms. The molecule has 112 valence electrons. The number of rotatable bonds is 6. The number of aliphatic carboxylic acids is 1. The maximum absolute atomic E-state index is 12.1. The first-order valence-corrected chi connectivity index (χ1v) is 7.13. The Balaban J connectivity index is 1.99. The molecule has 1 amide bonds. The van der Waals surface area contributed by atoms with Gasteiger partial charge in [0.25, 0.3) is 0 Å². The molecule has 1 unspecified atom stereocenters. The van der Waals surface area contributed by atoms with Gasteiger partial charge in [-0.2, -0.15) is 0 Å². The van der Waals surface area contributed by atoms with Crippen molar-refractivity contribution in [3.8, 4) is 0 Å². The summed E-state index contributed by atoms with van der Waals surface area (Å²) in [5.74, 6) is -1.03. The SMILES string of the molecule is CC(CC(=O)O)CC(=O)c1ccc(N2CCCC2=O)cc1. The van der Waals surface area contributed by atoms with Gasteiger partial charge in [-0.3, -0.25) is 14.4 Å². The van der Waals surface area contributed by atoms with Crippen molar-refractivity contribution in [1.82, 2.24) is 0 Å². The van der Waals surface area contributed by atoms with Crippen LogP contribution in [-0.4, -0.2) is 29.3 Å². The van der Waals surface area contributed by atoms with E-state index in [9.17, 15) is 14.4 Å². The van der Waals surface area contributed by atoms with E-state index in [0.717, 1.165) is 18.7 Å². The number of hydrogen-bond acceptors (Lipinski definition) is 3. The van der Waals surface area contributed by atoms with Crippen LogP contribution in [0.2, 0.25) is 0 Å².